The summed E-state index contributed by atoms with van der Waals surface area (Å²) >= 11 is 10.4. The molecule has 3 heterocycles. The fourth-order valence-electron chi connectivity index (χ4n) is 6.13. The number of rotatable bonds is 13. The van der Waals surface area contributed by atoms with Crippen LogP contribution in [0.1, 0.15) is 46.5 Å². The molecule has 6 rings (SSSR count). The second kappa shape index (κ2) is 14.1. The van der Waals surface area contributed by atoms with Crippen molar-refractivity contribution in [1.82, 2.24) is 24.1 Å². The molecule has 0 saturated carbocycles. The van der Waals surface area contributed by atoms with Crippen LogP contribution in [-0.4, -0.2) is 47.6 Å². The van der Waals surface area contributed by atoms with Crippen molar-refractivity contribution in [3.8, 4) is 16.9 Å². The van der Waals surface area contributed by atoms with Crippen molar-refractivity contribution in [3.05, 3.63) is 94.2 Å². The Morgan fingerprint density at radius 2 is 1.85 bits per heavy atom. The summed E-state index contributed by atoms with van der Waals surface area (Å²) in [5, 5.41) is 23.0. The highest BCUT2D eigenvalue weighted by Crippen LogP contribution is 2.41. The van der Waals surface area contributed by atoms with Crippen molar-refractivity contribution in [2.24, 2.45) is 14.1 Å². The number of hydrogen-bond acceptors (Lipinski definition) is 6. The van der Waals surface area contributed by atoms with Crippen LogP contribution < -0.4 is 4.74 Å². The Balaban J connectivity index is 1.23. The van der Waals surface area contributed by atoms with Crippen LogP contribution in [0.15, 0.2) is 65.7 Å². The second-order valence-electron chi connectivity index (χ2n) is 11.5. The number of benzene rings is 3. The van der Waals surface area contributed by atoms with Crippen LogP contribution >= 0.6 is 35.1 Å². The molecule has 0 saturated heterocycles. The molecule has 0 bridgehead atoms. The Kier molecular flexibility index (Phi) is 9.91. The van der Waals surface area contributed by atoms with Crippen LogP contribution in [0, 0.1) is 13.8 Å². The molecule has 0 aliphatic rings. The van der Waals surface area contributed by atoms with Gasteiger partial charge in [-0.15, -0.1) is 11.8 Å². The molecule has 244 valence electrons. The molecule has 47 heavy (non-hydrogen) atoms. The molecule has 0 spiro atoms. The van der Waals surface area contributed by atoms with Gasteiger partial charge in [-0.25, -0.2) is 4.79 Å². The zero-order valence-electron chi connectivity index (χ0n) is 27.2. The highest BCUT2D eigenvalue weighted by atomic mass is 35.5. The lowest BCUT2D eigenvalue weighted by molar-refractivity contribution is 0.0684. The average Bonchev–Trinajstić information content (AvgIpc) is 3.68. The van der Waals surface area contributed by atoms with Crippen molar-refractivity contribution in [2.45, 2.75) is 50.1 Å². The van der Waals surface area contributed by atoms with Gasteiger partial charge >= 0.3 is 5.97 Å². The highest BCUT2D eigenvalue weighted by molar-refractivity contribution is 7.98. The SMILES string of the molecule is CCSCc1cc(CSc2cc(OCCCn3c(C(=O)O)c(C)c4c(-c5cnn(C)c5C)c(Cl)ccc43)c3ccccc3c2)n(C)n1. The molecular weight excluding hydrogens is 650 g/mol. The van der Waals surface area contributed by atoms with E-state index in [9.17, 15) is 9.90 Å². The number of thioether (sulfide) groups is 2. The van der Waals surface area contributed by atoms with Gasteiger partial charge in [0.25, 0.3) is 0 Å². The summed E-state index contributed by atoms with van der Waals surface area (Å²) in [6.45, 7) is 6.91. The smallest absolute Gasteiger partial charge is 0.352 e. The molecule has 0 atom stereocenters. The quantitative estimate of drug-likeness (QED) is 0.0958. The lowest BCUT2D eigenvalue weighted by Gasteiger charge is -2.14. The minimum absolute atomic E-state index is 0.264. The van der Waals surface area contributed by atoms with Gasteiger partial charge in [0, 0.05) is 80.9 Å². The standard InChI is InChI=1S/C36H38ClN5O3S2/c1-6-46-20-25-17-26(41(5)39-25)21-47-27-16-24-10-7-8-11-28(24)32(18-27)45-15-9-14-42-31-13-12-30(37)34(29-19-38-40(4)23(29)3)33(31)22(2)35(42)36(43)44/h7-8,10-13,16-19H,6,9,14-15,20-21H2,1-5H3,(H,43,44). The maximum Gasteiger partial charge on any atom is 0.352 e. The van der Waals surface area contributed by atoms with Crippen LogP contribution in [0.4, 0.5) is 0 Å². The molecule has 8 nitrogen and oxygen atoms in total. The van der Waals surface area contributed by atoms with Crippen molar-refractivity contribution < 1.29 is 14.6 Å². The summed E-state index contributed by atoms with van der Waals surface area (Å²) in [6, 6.07) is 18.5. The largest absolute Gasteiger partial charge is 0.493 e. The molecule has 1 N–H and O–H groups in total. The topological polar surface area (TPSA) is 87.1 Å². The highest BCUT2D eigenvalue weighted by Gasteiger charge is 2.25. The molecule has 0 aliphatic heterocycles. The molecule has 11 heteroatoms. The molecular formula is C36H38ClN5O3S2. The maximum atomic E-state index is 12.6. The van der Waals surface area contributed by atoms with E-state index in [0.717, 1.165) is 72.1 Å². The minimum atomic E-state index is -0.968. The van der Waals surface area contributed by atoms with Crippen LogP contribution in [0.2, 0.25) is 5.02 Å². The first kappa shape index (κ1) is 33.1. The Hall–Kier alpha value is -3.86. The van der Waals surface area contributed by atoms with E-state index in [4.69, 9.17) is 16.3 Å². The fraction of sp³-hybridized carbons (Fsp3) is 0.306. The minimum Gasteiger partial charge on any atom is -0.493 e. The van der Waals surface area contributed by atoms with Crippen molar-refractivity contribution in [1.29, 1.82) is 0 Å². The van der Waals surface area contributed by atoms with Gasteiger partial charge in [0.1, 0.15) is 11.4 Å². The summed E-state index contributed by atoms with van der Waals surface area (Å²) in [7, 11) is 3.89. The number of aryl methyl sites for hydroxylation is 4. The predicted octanol–water partition coefficient (Wildman–Crippen LogP) is 8.91. The van der Waals surface area contributed by atoms with Gasteiger partial charge in [0.05, 0.1) is 18.5 Å². The van der Waals surface area contributed by atoms with E-state index < -0.39 is 5.97 Å². The van der Waals surface area contributed by atoms with Gasteiger partial charge in [-0.3, -0.25) is 9.36 Å². The third kappa shape index (κ3) is 6.64. The summed E-state index contributed by atoms with van der Waals surface area (Å²) in [6.07, 6.45) is 2.41. The average molecular weight is 688 g/mol. The third-order valence-electron chi connectivity index (χ3n) is 8.58. The molecule has 0 aliphatic carbocycles. The van der Waals surface area contributed by atoms with Gasteiger partial charge in [0.2, 0.25) is 0 Å². The Morgan fingerprint density at radius 1 is 1.04 bits per heavy atom. The number of carboxylic acids is 1. The Bertz CT molecular complexity index is 2100. The number of nitrogens with zero attached hydrogens (tertiary/aromatic N) is 5. The van der Waals surface area contributed by atoms with E-state index in [1.54, 1.807) is 22.6 Å². The predicted molar refractivity (Wildman–Crippen MR) is 194 cm³/mol. The van der Waals surface area contributed by atoms with Gasteiger partial charge in [0.15, 0.2) is 0 Å². The number of aromatic nitrogens is 5. The fourth-order valence-corrected chi connectivity index (χ4v) is 7.92. The monoisotopic (exact) mass is 687 g/mol. The van der Waals surface area contributed by atoms with Crippen LogP contribution in [0.3, 0.4) is 0 Å². The van der Waals surface area contributed by atoms with E-state index in [0.29, 0.717) is 30.2 Å². The van der Waals surface area contributed by atoms with E-state index in [1.165, 1.54) is 5.69 Å². The molecule has 0 amide bonds. The zero-order valence-corrected chi connectivity index (χ0v) is 29.6. The third-order valence-corrected chi connectivity index (χ3v) is 10.8. The Morgan fingerprint density at radius 3 is 2.60 bits per heavy atom. The number of ether oxygens (including phenoxy) is 1. The molecule has 0 unspecified atom stereocenters. The van der Waals surface area contributed by atoms with E-state index >= 15 is 0 Å². The number of halogens is 1. The van der Waals surface area contributed by atoms with E-state index in [-0.39, 0.29) is 5.69 Å². The molecule has 0 fully saturated rings. The second-order valence-corrected chi connectivity index (χ2v) is 14.3. The summed E-state index contributed by atoms with van der Waals surface area (Å²) in [5.74, 6) is 2.66. The van der Waals surface area contributed by atoms with Crippen molar-refractivity contribution in [3.63, 3.8) is 0 Å². The normalized spacial score (nSPS) is 11.6. The Labute approximate surface area is 288 Å². The van der Waals surface area contributed by atoms with Crippen molar-refractivity contribution >= 4 is 62.8 Å². The number of carbonyl (C=O) groups is 1. The van der Waals surface area contributed by atoms with Gasteiger partial charge < -0.3 is 14.4 Å². The molecule has 3 aromatic heterocycles. The lowest BCUT2D eigenvalue weighted by Crippen LogP contribution is -2.12. The first-order valence-corrected chi connectivity index (χ1v) is 18.1. The van der Waals surface area contributed by atoms with E-state index in [1.807, 2.05) is 73.2 Å². The van der Waals surface area contributed by atoms with Crippen molar-refractivity contribution in [2.75, 3.05) is 12.4 Å². The molecule has 3 aromatic carbocycles. The van der Waals surface area contributed by atoms with Crippen LogP contribution in [-0.2, 0) is 32.1 Å². The molecule has 0 radical (unpaired) electrons. The number of hydrogen-bond donors (Lipinski definition) is 1. The molecule has 6 aromatic rings. The number of fused-ring (bicyclic) bond motifs is 2. The first-order chi connectivity index (χ1) is 22.7. The summed E-state index contributed by atoms with van der Waals surface area (Å²) in [5.41, 5.74) is 6.75. The van der Waals surface area contributed by atoms with Crippen LogP contribution in [0.25, 0.3) is 32.8 Å². The lowest BCUT2D eigenvalue weighted by atomic mass is 9.99. The first-order valence-electron chi connectivity index (χ1n) is 15.6. The van der Waals surface area contributed by atoms with Gasteiger partial charge in [-0.05, 0) is 67.3 Å². The van der Waals surface area contributed by atoms with E-state index in [2.05, 4.69) is 47.5 Å². The number of carboxylic acid groups (broad SMARTS) is 1. The van der Waals surface area contributed by atoms with Crippen LogP contribution in [0.5, 0.6) is 5.75 Å². The maximum absolute atomic E-state index is 12.6. The van der Waals surface area contributed by atoms with Gasteiger partial charge in [-0.2, -0.15) is 22.0 Å². The number of aromatic carboxylic acids is 1. The summed E-state index contributed by atoms with van der Waals surface area (Å²) < 4.78 is 12.1. The zero-order chi connectivity index (χ0) is 33.2. The summed E-state index contributed by atoms with van der Waals surface area (Å²) in [4.78, 5) is 13.7. The van der Waals surface area contributed by atoms with Gasteiger partial charge in [-0.1, -0.05) is 42.8 Å².